The lowest BCUT2D eigenvalue weighted by molar-refractivity contribution is 0.348. The molecule has 0 saturated heterocycles. The van der Waals surface area contributed by atoms with Crippen LogP contribution >= 0.6 is 0 Å². The van der Waals surface area contributed by atoms with Crippen LogP contribution in [0.2, 0.25) is 0 Å². The van der Waals surface area contributed by atoms with Crippen LogP contribution in [0.15, 0.2) is 9.98 Å². The van der Waals surface area contributed by atoms with E-state index in [2.05, 4.69) is 9.98 Å². The van der Waals surface area contributed by atoms with Crippen molar-refractivity contribution in [3.63, 3.8) is 0 Å². The lowest BCUT2D eigenvalue weighted by atomic mass is 9.88. The van der Waals surface area contributed by atoms with Gasteiger partial charge in [0.15, 0.2) is 0 Å². The van der Waals surface area contributed by atoms with Crippen LogP contribution in [0.3, 0.4) is 0 Å². The number of aliphatic imine (C=N–C) groups is 2. The van der Waals surface area contributed by atoms with Gasteiger partial charge in [0.2, 0.25) is 12.2 Å². The SMILES string of the molecule is O=C=NC1CCC1N=C=O. The normalized spacial score (nSPS) is 29.2. The zero-order valence-corrected chi connectivity index (χ0v) is 5.28. The fourth-order valence-electron chi connectivity index (χ4n) is 0.901. The summed E-state index contributed by atoms with van der Waals surface area (Å²) in [5, 5.41) is 0. The predicted octanol–water partition coefficient (Wildman–Crippen LogP) is 0.189. The third kappa shape index (κ3) is 1.18. The quantitative estimate of drug-likeness (QED) is 0.404. The van der Waals surface area contributed by atoms with Gasteiger partial charge in [0.05, 0.1) is 12.1 Å². The Balaban J connectivity index is 2.50. The van der Waals surface area contributed by atoms with E-state index in [-0.39, 0.29) is 12.1 Å². The van der Waals surface area contributed by atoms with E-state index in [0.717, 1.165) is 12.8 Å². The molecule has 1 fully saturated rings. The van der Waals surface area contributed by atoms with Crippen molar-refractivity contribution in [3.05, 3.63) is 0 Å². The van der Waals surface area contributed by atoms with Crippen LogP contribution in [-0.2, 0) is 9.59 Å². The maximum atomic E-state index is 9.73. The highest BCUT2D eigenvalue weighted by Gasteiger charge is 2.30. The summed E-state index contributed by atoms with van der Waals surface area (Å²) in [7, 11) is 0. The van der Waals surface area contributed by atoms with Crippen molar-refractivity contribution in [3.8, 4) is 0 Å². The molecular formula is C6H6N2O2. The van der Waals surface area contributed by atoms with Crippen LogP contribution in [0.4, 0.5) is 0 Å². The van der Waals surface area contributed by atoms with Gasteiger partial charge in [-0.3, -0.25) is 0 Å². The molecule has 4 heteroatoms. The van der Waals surface area contributed by atoms with E-state index in [9.17, 15) is 9.59 Å². The molecule has 0 aromatic rings. The molecule has 2 atom stereocenters. The van der Waals surface area contributed by atoms with Crippen molar-refractivity contribution in [2.24, 2.45) is 9.98 Å². The number of nitrogens with zero attached hydrogens (tertiary/aromatic N) is 2. The van der Waals surface area contributed by atoms with Gasteiger partial charge in [-0.15, -0.1) is 0 Å². The van der Waals surface area contributed by atoms with Crippen LogP contribution in [0.5, 0.6) is 0 Å². The van der Waals surface area contributed by atoms with E-state index >= 15 is 0 Å². The molecule has 1 aliphatic rings. The Morgan fingerprint density at radius 2 is 1.40 bits per heavy atom. The summed E-state index contributed by atoms with van der Waals surface area (Å²) in [6.07, 6.45) is 4.54. The third-order valence-corrected chi connectivity index (χ3v) is 1.64. The molecule has 0 heterocycles. The molecule has 4 nitrogen and oxygen atoms in total. The number of rotatable bonds is 2. The van der Waals surface area contributed by atoms with E-state index in [1.54, 1.807) is 0 Å². The first kappa shape index (κ1) is 6.87. The zero-order valence-electron chi connectivity index (χ0n) is 5.28. The minimum Gasteiger partial charge on any atom is -0.211 e. The van der Waals surface area contributed by atoms with Crippen molar-refractivity contribution >= 4 is 12.2 Å². The summed E-state index contributed by atoms with van der Waals surface area (Å²) in [4.78, 5) is 26.4. The van der Waals surface area contributed by atoms with E-state index in [1.165, 1.54) is 12.2 Å². The summed E-state index contributed by atoms with van der Waals surface area (Å²) in [5.41, 5.74) is 0. The molecule has 10 heavy (non-hydrogen) atoms. The van der Waals surface area contributed by atoms with Gasteiger partial charge < -0.3 is 0 Å². The molecule has 1 saturated carbocycles. The number of isocyanates is 2. The molecule has 0 aliphatic heterocycles. The van der Waals surface area contributed by atoms with Gasteiger partial charge in [-0.05, 0) is 12.8 Å². The lowest BCUT2D eigenvalue weighted by Gasteiger charge is -2.26. The summed E-state index contributed by atoms with van der Waals surface area (Å²) in [5.74, 6) is 0. The van der Waals surface area contributed by atoms with Crippen molar-refractivity contribution in [2.75, 3.05) is 0 Å². The Morgan fingerprint density at radius 3 is 1.60 bits per heavy atom. The summed E-state index contributed by atoms with van der Waals surface area (Å²) in [6.45, 7) is 0. The lowest BCUT2D eigenvalue weighted by Crippen LogP contribution is -2.33. The van der Waals surface area contributed by atoms with Gasteiger partial charge in [-0.25, -0.2) is 19.6 Å². The maximum absolute atomic E-state index is 9.73. The van der Waals surface area contributed by atoms with Crippen LogP contribution < -0.4 is 0 Å². The van der Waals surface area contributed by atoms with Gasteiger partial charge in [0.25, 0.3) is 0 Å². The van der Waals surface area contributed by atoms with E-state index in [0.29, 0.717) is 0 Å². The Labute approximate surface area is 57.7 Å². The fraction of sp³-hybridized carbons (Fsp3) is 0.667. The van der Waals surface area contributed by atoms with E-state index < -0.39 is 0 Å². The number of hydrogen-bond donors (Lipinski definition) is 0. The van der Waals surface area contributed by atoms with Crippen molar-refractivity contribution in [1.82, 2.24) is 0 Å². The molecule has 0 aromatic carbocycles. The highest BCUT2D eigenvalue weighted by molar-refractivity contribution is 5.37. The standard InChI is InChI=1S/C6H6N2O2/c9-3-7-5-1-2-6(5)8-4-10/h5-6H,1-2H2. The number of carbonyl (C=O) groups excluding carboxylic acids is 2. The highest BCUT2D eigenvalue weighted by Crippen LogP contribution is 2.25. The largest absolute Gasteiger partial charge is 0.235 e. The third-order valence-electron chi connectivity index (χ3n) is 1.64. The summed E-state index contributed by atoms with van der Waals surface area (Å²) >= 11 is 0. The Kier molecular flexibility index (Phi) is 2.11. The van der Waals surface area contributed by atoms with Crippen LogP contribution in [-0.4, -0.2) is 24.2 Å². The molecule has 0 radical (unpaired) electrons. The second-order valence-electron chi connectivity index (χ2n) is 2.15. The minimum atomic E-state index is -0.112. The van der Waals surface area contributed by atoms with Gasteiger partial charge in [-0.2, -0.15) is 0 Å². The molecule has 0 spiro atoms. The number of hydrogen-bond acceptors (Lipinski definition) is 4. The smallest absolute Gasteiger partial charge is 0.211 e. The molecule has 0 N–H and O–H groups in total. The second kappa shape index (κ2) is 3.06. The predicted molar refractivity (Wildman–Crippen MR) is 33.1 cm³/mol. The molecule has 2 unspecified atom stereocenters. The van der Waals surface area contributed by atoms with Crippen LogP contribution in [0.1, 0.15) is 12.8 Å². The van der Waals surface area contributed by atoms with Gasteiger partial charge in [0.1, 0.15) is 0 Å². The van der Waals surface area contributed by atoms with Crippen LogP contribution in [0.25, 0.3) is 0 Å². The van der Waals surface area contributed by atoms with Crippen molar-refractivity contribution in [1.29, 1.82) is 0 Å². The molecule has 0 aromatic heterocycles. The zero-order chi connectivity index (χ0) is 7.40. The molecule has 0 amide bonds. The maximum Gasteiger partial charge on any atom is 0.235 e. The van der Waals surface area contributed by atoms with Crippen molar-refractivity contribution in [2.45, 2.75) is 24.9 Å². The monoisotopic (exact) mass is 138 g/mol. The average Bonchev–Trinajstić information content (AvgIpc) is 1.93. The summed E-state index contributed by atoms with van der Waals surface area (Å²) < 4.78 is 0. The molecule has 0 bridgehead atoms. The minimum absolute atomic E-state index is 0.112. The Bertz CT molecular complexity index is 190. The van der Waals surface area contributed by atoms with Gasteiger partial charge in [0, 0.05) is 0 Å². The molecule has 1 rings (SSSR count). The second-order valence-corrected chi connectivity index (χ2v) is 2.15. The first-order chi connectivity index (χ1) is 4.88. The van der Waals surface area contributed by atoms with E-state index in [4.69, 9.17) is 0 Å². The summed E-state index contributed by atoms with van der Waals surface area (Å²) in [6, 6.07) is -0.224. The van der Waals surface area contributed by atoms with Gasteiger partial charge in [-0.1, -0.05) is 0 Å². The molecule has 52 valence electrons. The first-order valence-electron chi connectivity index (χ1n) is 3.02. The van der Waals surface area contributed by atoms with E-state index in [1.807, 2.05) is 0 Å². The Hall–Kier alpha value is -1.24. The van der Waals surface area contributed by atoms with Crippen LogP contribution in [0, 0.1) is 0 Å². The topological polar surface area (TPSA) is 58.9 Å². The highest BCUT2D eigenvalue weighted by atomic mass is 16.1. The fourth-order valence-corrected chi connectivity index (χ4v) is 0.901. The Morgan fingerprint density at radius 1 is 1.00 bits per heavy atom. The van der Waals surface area contributed by atoms with Crippen molar-refractivity contribution < 1.29 is 9.59 Å². The average molecular weight is 138 g/mol. The van der Waals surface area contributed by atoms with Gasteiger partial charge >= 0.3 is 0 Å². The first-order valence-corrected chi connectivity index (χ1v) is 3.02. The molecule has 1 aliphatic carbocycles. The molecular weight excluding hydrogens is 132 g/mol.